The van der Waals surface area contributed by atoms with Crippen molar-refractivity contribution in [1.29, 1.82) is 0 Å². The van der Waals surface area contributed by atoms with Gasteiger partial charge in [0.25, 0.3) is 0 Å². The van der Waals surface area contributed by atoms with Gasteiger partial charge in [0, 0.05) is 25.6 Å². The van der Waals surface area contributed by atoms with Crippen LogP contribution >= 0.6 is 11.6 Å². The van der Waals surface area contributed by atoms with E-state index in [0.29, 0.717) is 23.6 Å². The zero-order valence-electron chi connectivity index (χ0n) is 10.0. The average molecular weight is 271 g/mol. The summed E-state index contributed by atoms with van der Waals surface area (Å²) < 4.78 is 0. The minimum Gasteiger partial charge on any atom is -0.481 e. The number of carbonyl (C=O) groups is 2. The number of anilines is 1. The second-order valence-corrected chi connectivity index (χ2v) is 4.36. The van der Waals surface area contributed by atoms with Crippen LogP contribution in [0.15, 0.2) is 18.2 Å². The smallest absolute Gasteiger partial charge is 0.303 e. The van der Waals surface area contributed by atoms with E-state index >= 15 is 0 Å². The molecule has 0 aromatic heterocycles. The van der Waals surface area contributed by atoms with Gasteiger partial charge in [0.2, 0.25) is 5.91 Å². The molecule has 1 rings (SSSR count). The second-order valence-electron chi connectivity index (χ2n) is 3.95. The maximum atomic E-state index is 11.0. The van der Waals surface area contributed by atoms with Crippen LogP contribution in [0.2, 0.25) is 5.02 Å². The minimum atomic E-state index is -0.821. The Morgan fingerprint density at radius 2 is 2.11 bits per heavy atom. The fraction of sp³-hybridized carbons (Fsp3) is 0.333. The maximum absolute atomic E-state index is 11.0. The molecule has 0 radical (unpaired) electrons. The van der Waals surface area contributed by atoms with Gasteiger partial charge in [0.15, 0.2) is 0 Å². The molecule has 0 heterocycles. The third kappa shape index (κ3) is 3.92. The molecule has 0 saturated carbocycles. The number of carbonyl (C=O) groups excluding carboxylic acids is 1. The van der Waals surface area contributed by atoms with Crippen LogP contribution in [0.5, 0.6) is 0 Å². The van der Waals surface area contributed by atoms with E-state index in [1.54, 1.807) is 12.1 Å². The normalized spacial score (nSPS) is 10.1. The molecule has 0 bridgehead atoms. The number of carboxylic acids is 1. The summed E-state index contributed by atoms with van der Waals surface area (Å²) in [5.41, 5.74) is 6.24. The Bertz CT molecular complexity index is 463. The Morgan fingerprint density at radius 3 is 2.61 bits per heavy atom. The first kappa shape index (κ1) is 14.3. The Hall–Kier alpha value is -1.75. The van der Waals surface area contributed by atoms with Crippen LogP contribution in [0.3, 0.4) is 0 Å². The fourth-order valence-corrected chi connectivity index (χ4v) is 1.88. The molecule has 0 saturated heterocycles. The van der Waals surface area contributed by atoms with Gasteiger partial charge >= 0.3 is 5.97 Å². The molecule has 0 unspecified atom stereocenters. The summed E-state index contributed by atoms with van der Waals surface area (Å²) >= 11 is 6.04. The van der Waals surface area contributed by atoms with Crippen LogP contribution in [-0.2, 0) is 4.79 Å². The van der Waals surface area contributed by atoms with Gasteiger partial charge in [-0.1, -0.05) is 11.6 Å². The quantitative estimate of drug-likeness (QED) is 0.825. The molecule has 0 atom stereocenters. The van der Waals surface area contributed by atoms with E-state index < -0.39 is 11.9 Å². The molecule has 18 heavy (non-hydrogen) atoms. The van der Waals surface area contributed by atoms with Gasteiger partial charge in [-0.25, -0.2) is 0 Å². The van der Waals surface area contributed by atoms with Crippen molar-refractivity contribution in [1.82, 2.24) is 0 Å². The van der Waals surface area contributed by atoms with Gasteiger partial charge in [-0.15, -0.1) is 0 Å². The molecule has 0 aliphatic carbocycles. The van der Waals surface area contributed by atoms with Crippen LogP contribution in [0.1, 0.15) is 23.2 Å². The van der Waals surface area contributed by atoms with E-state index in [4.69, 9.17) is 22.4 Å². The molecule has 5 nitrogen and oxygen atoms in total. The van der Waals surface area contributed by atoms with Crippen molar-refractivity contribution < 1.29 is 14.7 Å². The van der Waals surface area contributed by atoms with Crippen molar-refractivity contribution in [2.75, 3.05) is 18.5 Å². The maximum Gasteiger partial charge on any atom is 0.303 e. The van der Waals surface area contributed by atoms with Crippen molar-refractivity contribution >= 4 is 29.2 Å². The Kier molecular flexibility index (Phi) is 4.97. The first-order chi connectivity index (χ1) is 8.41. The molecule has 3 N–H and O–H groups in total. The van der Waals surface area contributed by atoms with E-state index in [1.807, 2.05) is 11.9 Å². The predicted octanol–water partition coefficient (Wildman–Crippen LogP) is 1.74. The summed E-state index contributed by atoms with van der Waals surface area (Å²) in [6.07, 6.45) is 0.640. The van der Waals surface area contributed by atoms with Gasteiger partial charge in [-0.2, -0.15) is 0 Å². The van der Waals surface area contributed by atoms with E-state index in [1.165, 1.54) is 6.07 Å². The van der Waals surface area contributed by atoms with E-state index in [-0.39, 0.29) is 6.42 Å². The van der Waals surface area contributed by atoms with Crippen LogP contribution in [-0.4, -0.2) is 30.6 Å². The van der Waals surface area contributed by atoms with Crippen molar-refractivity contribution in [2.24, 2.45) is 5.73 Å². The van der Waals surface area contributed by atoms with Gasteiger partial charge < -0.3 is 15.7 Å². The topological polar surface area (TPSA) is 83.6 Å². The fourth-order valence-electron chi connectivity index (χ4n) is 1.56. The van der Waals surface area contributed by atoms with Gasteiger partial charge in [-0.05, 0) is 24.6 Å². The van der Waals surface area contributed by atoms with Crippen molar-refractivity contribution in [3.63, 3.8) is 0 Å². The number of rotatable bonds is 6. The second kappa shape index (κ2) is 6.26. The lowest BCUT2D eigenvalue weighted by Crippen LogP contribution is -2.20. The molecule has 1 amide bonds. The molecule has 0 spiro atoms. The molecule has 0 aliphatic heterocycles. The molecular formula is C12H15ClN2O3. The highest BCUT2D eigenvalue weighted by Crippen LogP contribution is 2.26. The molecular weight excluding hydrogens is 256 g/mol. The zero-order chi connectivity index (χ0) is 13.7. The predicted molar refractivity (Wildman–Crippen MR) is 70.1 cm³/mol. The SMILES string of the molecule is CN(CCCC(=O)O)c1ccc(C(N)=O)cc1Cl. The van der Waals surface area contributed by atoms with Crippen LogP contribution in [0.25, 0.3) is 0 Å². The van der Waals surface area contributed by atoms with E-state index in [0.717, 1.165) is 5.69 Å². The third-order valence-corrected chi connectivity index (χ3v) is 2.83. The summed E-state index contributed by atoms with van der Waals surface area (Å²) in [6.45, 7) is 0.571. The van der Waals surface area contributed by atoms with E-state index in [2.05, 4.69) is 0 Å². The first-order valence-electron chi connectivity index (χ1n) is 5.44. The molecule has 0 aliphatic rings. The summed E-state index contributed by atoms with van der Waals surface area (Å²) in [5.74, 6) is -1.35. The summed E-state index contributed by atoms with van der Waals surface area (Å²) in [4.78, 5) is 23.2. The highest BCUT2D eigenvalue weighted by molar-refractivity contribution is 6.33. The molecule has 1 aromatic rings. The number of halogens is 1. The summed E-state index contributed by atoms with van der Waals surface area (Å²) in [6, 6.07) is 4.80. The monoisotopic (exact) mass is 270 g/mol. The first-order valence-corrected chi connectivity index (χ1v) is 5.82. The standard InChI is InChI=1S/C12H15ClN2O3/c1-15(6-2-3-11(16)17)10-5-4-8(12(14)18)7-9(10)13/h4-5,7H,2-3,6H2,1H3,(H2,14,18)(H,16,17). The summed E-state index contributed by atoms with van der Waals surface area (Å²) in [7, 11) is 1.81. The molecule has 1 aromatic carbocycles. The number of benzene rings is 1. The minimum absolute atomic E-state index is 0.112. The lowest BCUT2D eigenvalue weighted by Gasteiger charge is -2.20. The average Bonchev–Trinajstić information content (AvgIpc) is 2.27. The van der Waals surface area contributed by atoms with Crippen LogP contribution < -0.4 is 10.6 Å². The zero-order valence-corrected chi connectivity index (χ0v) is 10.8. The Balaban J connectivity index is 2.71. The Morgan fingerprint density at radius 1 is 1.44 bits per heavy atom. The van der Waals surface area contributed by atoms with Crippen molar-refractivity contribution in [2.45, 2.75) is 12.8 Å². The number of hydrogen-bond acceptors (Lipinski definition) is 3. The van der Waals surface area contributed by atoms with Gasteiger partial charge in [0.05, 0.1) is 10.7 Å². The molecule has 6 heteroatoms. The highest BCUT2D eigenvalue weighted by atomic mass is 35.5. The van der Waals surface area contributed by atoms with Crippen LogP contribution in [0.4, 0.5) is 5.69 Å². The number of carboxylic acid groups (broad SMARTS) is 1. The number of hydrogen-bond donors (Lipinski definition) is 2. The lowest BCUT2D eigenvalue weighted by atomic mass is 10.2. The number of aliphatic carboxylic acids is 1. The summed E-state index contributed by atoms with van der Waals surface area (Å²) in [5, 5.41) is 8.97. The van der Waals surface area contributed by atoms with Crippen molar-refractivity contribution in [3.05, 3.63) is 28.8 Å². The highest BCUT2D eigenvalue weighted by Gasteiger charge is 2.09. The molecule has 0 fully saturated rings. The van der Waals surface area contributed by atoms with Crippen molar-refractivity contribution in [3.8, 4) is 0 Å². The number of primary amides is 1. The van der Waals surface area contributed by atoms with Crippen LogP contribution in [0, 0.1) is 0 Å². The lowest BCUT2D eigenvalue weighted by molar-refractivity contribution is -0.137. The number of nitrogens with two attached hydrogens (primary N) is 1. The number of nitrogens with zero attached hydrogens (tertiary/aromatic N) is 1. The van der Waals surface area contributed by atoms with E-state index in [9.17, 15) is 9.59 Å². The number of amides is 1. The van der Waals surface area contributed by atoms with Gasteiger partial charge in [0.1, 0.15) is 0 Å². The Labute approximate surface area is 110 Å². The largest absolute Gasteiger partial charge is 0.481 e. The van der Waals surface area contributed by atoms with Gasteiger partial charge in [-0.3, -0.25) is 9.59 Å². The molecule has 98 valence electrons. The third-order valence-electron chi connectivity index (χ3n) is 2.53.